The summed E-state index contributed by atoms with van der Waals surface area (Å²) in [5.74, 6) is 0.926. The SMILES string of the molecule is COc1ccccc1OCC(=O)Nc1ccc(N2c3ccccc3CC2C)cc1. The third-order valence-electron chi connectivity index (χ3n) is 5.06. The van der Waals surface area contributed by atoms with Crippen molar-refractivity contribution in [3.8, 4) is 11.5 Å². The maximum atomic E-state index is 12.3. The molecule has 148 valence electrons. The van der Waals surface area contributed by atoms with Gasteiger partial charge in [0.1, 0.15) is 0 Å². The fourth-order valence-electron chi connectivity index (χ4n) is 3.74. The highest BCUT2D eigenvalue weighted by Gasteiger charge is 2.26. The number of carbonyl (C=O) groups excluding carboxylic acids is 1. The highest BCUT2D eigenvalue weighted by molar-refractivity contribution is 5.92. The highest BCUT2D eigenvalue weighted by Crippen LogP contribution is 2.38. The van der Waals surface area contributed by atoms with Crippen molar-refractivity contribution < 1.29 is 14.3 Å². The predicted molar refractivity (Wildman–Crippen MR) is 115 cm³/mol. The van der Waals surface area contributed by atoms with E-state index in [0.29, 0.717) is 17.5 Å². The van der Waals surface area contributed by atoms with Gasteiger partial charge in [0, 0.05) is 23.1 Å². The summed E-state index contributed by atoms with van der Waals surface area (Å²) >= 11 is 0. The molecule has 1 N–H and O–H groups in total. The van der Waals surface area contributed by atoms with Crippen LogP contribution in [0.25, 0.3) is 0 Å². The van der Waals surface area contributed by atoms with Gasteiger partial charge in [-0.25, -0.2) is 0 Å². The maximum Gasteiger partial charge on any atom is 0.262 e. The van der Waals surface area contributed by atoms with Gasteiger partial charge in [-0.05, 0) is 61.4 Å². The van der Waals surface area contributed by atoms with Gasteiger partial charge in [0.15, 0.2) is 18.1 Å². The average Bonchev–Trinajstić information content (AvgIpc) is 3.09. The van der Waals surface area contributed by atoms with E-state index >= 15 is 0 Å². The Bertz CT molecular complexity index is 1000. The Morgan fingerprint density at radius 2 is 1.69 bits per heavy atom. The van der Waals surface area contributed by atoms with Crippen LogP contribution in [0.15, 0.2) is 72.8 Å². The van der Waals surface area contributed by atoms with E-state index in [9.17, 15) is 4.79 Å². The van der Waals surface area contributed by atoms with Gasteiger partial charge in [0.2, 0.25) is 0 Å². The number of carbonyl (C=O) groups is 1. The number of amides is 1. The number of anilines is 3. The van der Waals surface area contributed by atoms with Crippen molar-refractivity contribution in [3.63, 3.8) is 0 Å². The molecule has 1 aliphatic heterocycles. The van der Waals surface area contributed by atoms with Crippen LogP contribution in [0.2, 0.25) is 0 Å². The van der Waals surface area contributed by atoms with Gasteiger partial charge < -0.3 is 19.7 Å². The molecule has 1 amide bonds. The molecule has 0 saturated carbocycles. The van der Waals surface area contributed by atoms with Gasteiger partial charge in [0.25, 0.3) is 5.91 Å². The summed E-state index contributed by atoms with van der Waals surface area (Å²) in [6, 6.07) is 24.1. The Hall–Kier alpha value is -3.47. The second kappa shape index (κ2) is 8.27. The summed E-state index contributed by atoms with van der Waals surface area (Å²) in [7, 11) is 1.57. The second-order valence-corrected chi connectivity index (χ2v) is 7.09. The molecule has 0 radical (unpaired) electrons. The van der Waals surface area contributed by atoms with Gasteiger partial charge in [-0.1, -0.05) is 30.3 Å². The molecule has 0 saturated heterocycles. The molecule has 3 aromatic rings. The molecule has 1 atom stereocenters. The first-order chi connectivity index (χ1) is 14.2. The number of benzene rings is 3. The molecule has 29 heavy (non-hydrogen) atoms. The Morgan fingerprint density at radius 3 is 2.45 bits per heavy atom. The first-order valence-corrected chi connectivity index (χ1v) is 9.68. The molecule has 0 fully saturated rings. The zero-order valence-corrected chi connectivity index (χ0v) is 16.6. The lowest BCUT2D eigenvalue weighted by Crippen LogP contribution is -2.24. The van der Waals surface area contributed by atoms with Crippen LogP contribution in [-0.4, -0.2) is 25.7 Å². The smallest absolute Gasteiger partial charge is 0.262 e. The standard InChI is InChI=1S/C24H24N2O3/c1-17-15-18-7-3-4-8-21(18)26(17)20-13-11-19(12-14-20)25-24(27)16-29-23-10-6-5-9-22(23)28-2/h3-14,17H,15-16H2,1-2H3,(H,25,27). The third kappa shape index (κ3) is 4.04. The highest BCUT2D eigenvalue weighted by atomic mass is 16.5. The van der Waals surface area contributed by atoms with E-state index in [4.69, 9.17) is 9.47 Å². The van der Waals surface area contributed by atoms with Crippen molar-refractivity contribution >= 4 is 23.0 Å². The van der Waals surface area contributed by atoms with E-state index in [1.165, 1.54) is 11.3 Å². The first kappa shape index (κ1) is 18.9. The van der Waals surface area contributed by atoms with Crippen LogP contribution in [0.5, 0.6) is 11.5 Å². The van der Waals surface area contributed by atoms with Gasteiger partial charge in [-0.2, -0.15) is 0 Å². The largest absolute Gasteiger partial charge is 0.493 e. The maximum absolute atomic E-state index is 12.3. The predicted octanol–water partition coefficient (Wildman–Crippen LogP) is 4.80. The van der Waals surface area contributed by atoms with Crippen LogP contribution >= 0.6 is 0 Å². The molecule has 4 rings (SSSR count). The lowest BCUT2D eigenvalue weighted by molar-refractivity contribution is -0.118. The van der Waals surface area contributed by atoms with Gasteiger partial charge in [0.05, 0.1) is 7.11 Å². The molecule has 3 aromatic carbocycles. The molecule has 1 unspecified atom stereocenters. The van der Waals surface area contributed by atoms with E-state index in [1.54, 1.807) is 19.2 Å². The number of hydrogen-bond acceptors (Lipinski definition) is 4. The lowest BCUT2D eigenvalue weighted by atomic mass is 10.1. The fourth-order valence-corrected chi connectivity index (χ4v) is 3.74. The van der Waals surface area contributed by atoms with Crippen LogP contribution in [0.3, 0.4) is 0 Å². The van der Waals surface area contributed by atoms with Crippen molar-refractivity contribution in [2.75, 3.05) is 23.9 Å². The number of fused-ring (bicyclic) bond motifs is 1. The summed E-state index contributed by atoms with van der Waals surface area (Å²) in [4.78, 5) is 14.6. The van der Waals surface area contributed by atoms with Crippen LogP contribution in [0.1, 0.15) is 12.5 Å². The molecule has 5 nitrogen and oxygen atoms in total. The first-order valence-electron chi connectivity index (χ1n) is 9.68. The van der Waals surface area contributed by atoms with Crippen molar-refractivity contribution in [3.05, 3.63) is 78.4 Å². The van der Waals surface area contributed by atoms with Crippen molar-refractivity contribution in [1.82, 2.24) is 0 Å². The molecule has 5 heteroatoms. The monoisotopic (exact) mass is 388 g/mol. The van der Waals surface area contributed by atoms with E-state index in [0.717, 1.165) is 17.8 Å². The van der Waals surface area contributed by atoms with E-state index in [2.05, 4.69) is 41.4 Å². The lowest BCUT2D eigenvalue weighted by Gasteiger charge is -2.25. The molecule has 1 aliphatic rings. The van der Waals surface area contributed by atoms with Gasteiger partial charge in [-0.15, -0.1) is 0 Å². The van der Waals surface area contributed by atoms with Crippen LogP contribution in [0, 0.1) is 0 Å². The van der Waals surface area contributed by atoms with E-state index < -0.39 is 0 Å². The van der Waals surface area contributed by atoms with Crippen molar-refractivity contribution in [1.29, 1.82) is 0 Å². The topological polar surface area (TPSA) is 50.8 Å². The summed E-state index contributed by atoms with van der Waals surface area (Å²) < 4.78 is 10.8. The number of ether oxygens (including phenoxy) is 2. The van der Waals surface area contributed by atoms with Gasteiger partial charge in [-0.3, -0.25) is 4.79 Å². The second-order valence-electron chi connectivity index (χ2n) is 7.09. The van der Waals surface area contributed by atoms with Crippen LogP contribution < -0.4 is 19.7 Å². The van der Waals surface area contributed by atoms with E-state index in [-0.39, 0.29) is 12.5 Å². The Balaban J connectivity index is 1.39. The minimum absolute atomic E-state index is 0.0847. The summed E-state index contributed by atoms with van der Waals surface area (Å²) in [6.07, 6.45) is 1.04. The molecule has 0 aromatic heterocycles. The normalized spacial score (nSPS) is 15.0. The number of nitrogens with one attached hydrogen (secondary N) is 1. The zero-order valence-electron chi connectivity index (χ0n) is 16.6. The summed E-state index contributed by atoms with van der Waals surface area (Å²) in [5.41, 5.74) is 4.47. The molecule has 0 bridgehead atoms. The minimum atomic E-state index is -0.219. The van der Waals surface area contributed by atoms with Crippen molar-refractivity contribution in [2.45, 2.75) is 19.4 Å². The number of hydrogen-bond donors (Lipinski definition) is 1. The molecular formula is C24H24N2O3. The fraction of sp³-hybridized carbons (Fsp3) is 0.208. The average molecular weight is 388 g/mol. The zero-order chi connectivity index (χ0) is 20.2. The Labute approximate surface area is 170 Å². The minimum Gasteiger partial charge on any atom is -0.493 e. The molecule has 1 heterocycles. The summed E-state index contributed by atoms with van der Waals surface area (Å²) in [5, 5.41) is 2.87. The van der Waals surface area contributed by atoms with E-state index in [1.807, 2.05) is 36.4 Å². The van der Waals surface area contributed by atoms with Crippen LogP contribution in [-0.2, 0) is 11.2 Å². The van der Waals surface area contributed by atoms with Crippen molar-refractivity contribution in [2.24, 2.45) is 0 Å². The molecular weight excluding hydrogens is 364 g/mol. The number of rotatable bonds is 6. The molecule has 0 spiro atoms. The number of nitrogens with zero attached hydrogens (tertiary/aromatic N) is 1. The third-order valence-corrected chi connectivity index (χ3v) is 5.06. The quantitative estimate of drug-likeness (QED) is 0.659. The van der Waals surface area contributed by atoms with Crippen LogP contribution in [0.4, 0.5) is 17.1 Å². The number of methoxy groups -OCH3 is 1. The summed E-state index contributed by atoms with van der Waals surface area (Å²) in [6.45, 7) is 2.14. The molecule has 0 aliphatic carbocycles. The Kier molecular flexibility index (Phi) is 5.38. The van der Waals surface area contributed by atoms with Gasteiger partial charge >= 0.3 is 0 Å². The number of para-hydroxylation sites is 3. The Morgan fingerprint density at radius 1 is 1.00 bits per heavy atom.